The lowest BCUT2D eigenvalue weighted by Crippen LogP contribution is -1.94. The first-order valence-corrected chi connectivity index (χ1v) is 14.0. The molecule has 4 heteroatoms. The third kappa shape index (κ3) is 3.34. The molecule has 0 bridgehead atoms. The molecule has 0 amide bonds. The Balaban J connectivity index is 1.28. The topological polar surface area (TPSA) is 35.9 Å². The van der Waals surface area contributed by atoms with E-state index in [-0.39, 0.29) is 60.4 Å². The predicted octanol–water partition coefficient (Wildman–Crippen LogP) is 11.3. The fourth-order valence-corrected chi connectivity index (χ4v) is 6.23. The molecular formula is C43H25N3O. The van der Waals surface area contributed by atoms with Crippen molar-refractivity contribution in [2.24, 2.45) is 0 Å². The summed E-state index contributed by atoms with van der Waals surface area (Å²) in [7, 11) is 0. The second-order valence-electron chi connectivity index (χ2n) is 10.6. The Bertz CT molecular complexity index is 4150. The number of fused-ring (bicyclic) bond motifs is 9. The first-order chi connectivity index (χ1) is 33.3. The molecule has 1 aliphatic rings. The molecule has 11 rings (SSSR count). The largest absolute Gasteiger partial charge is 0.435 e. The van der Waals surface area contributed by atoms with Crippen molar-refractivity contribution in [3.05, 3.63) is 151 Å². The smallest absolute Gasteiger partial charge is 0.227 e. The summed E-state index contributed by atoms with van der Waals surface area (Å²) in [6, 6.07) is -16.5. The molecule has 7 aromatic carbocycles. The third-order valence-corrected chi connectivity index (χ3v) is 8.15. The van der Waals surface area contributed by atoms with Crippen molar-refractivity contribution in [1.82, 2.24) is 14.1 Å². The number of para-hydroxylation sites is 3. The molecule has 218 valence electrons. The molecule has 47 heavy (non-hydrogen) atoms. The van der Waals surface area contributed by atoms with Gasteiger partial charge in [0.15, 0.2) is 5.76 Å². The van der Waals surface area contributed by atoms with Crippen LogP contribution in [0, 0.1) is 0 Å². The van der Waals surface area contributed by atoms with Gasteiger partial charge in [0, 0.05) is 55.0 Å². The van der Waals surface area contributed by atoms with Gasteiger partial charge < -0.3 is 13.6 Å². The van der Waals surface area contributed by atoms with Crippen LogP contribution in [0.4, 0.5) is 0 Å². The van der Waals surface area contributed by atoms with Crippen LogP contribution in [-0.2, 0) is 0 Å². The van der Waals surface area contributed by atoms with Gasteiger partial charge in [0.25, 0.3) is 0 Å². The van der Waals surface area contributed by atoms with E-state index in [1.54, 1.807) is 0 Å². The molecule has 0 fully saturated rings. The Morgan fingerprint density at radius 3 is 1.91 bits per heavy atom. The standard InChI is InChI=1S/C43H25N3O/c1-2-12-28(13-3-1)45-36-18-6-4-14-30(36)34-25-39-35(24-38(34)45)31-15-5-7-19-37(31)46(39)29-22-20-27(21-23-29)43-44-41-32-16-8-10-26-11-9-17-33(40(26)32)42(41)47-43/h1-25H/i1D,2D,3D,4D,5D,6D,7D,8D,9D,10D,11D,12D,13D,14D,15D,16D,17D,18D,19D,20D,21D,22D,23D,25D. The van der Waals surface area contributed by atoms with Crippen molar-refractivity contribution in [1.29, 1.82) is 0 Å². The summed E-state index contributed by atoms with van der Waals surface area (Å²) in [5, 5.41) is -1.51. The third-order valence-electron chi connectivity index (χ3n) is 8.15. The summed E-state index contributed by atoms with van der Waals surface area (Å²) in [4.78, 5) is 4.43. The maximum absolute atomic E-state index is 9.93. The van der Waals surface area contributed by atoms with Gasteiger partial charge in [-0.05, 0) is 65.8 Å². The van der Waals surface area contributed by atoms with Gasteiger partial charge in [0.2, 0.25) is 5.89 Å². The van der Waals surface area contributed by atoms with Gasteiger partial charge in [0.1, 0.15) is 5.69 Å². The summed E-state index contributed by atoms with van der Waals surface area (Å²) in [6.45, 7) is 0. The molecule has 3 heterocycles. The van der Waals surface area contributed by atoms with Gasteiger partial charge in [-0.1, -0.05) is 90.6 Å². The van der Waals surface area contributed by atoms with E-state index in [0.717, 1.165) is 9.13 Å². The van der Waals surface area contributed by atoms with Gasteiger partial charge >= 0.3 is 0 Å². The van der Waals surface area contributed by atoms with Crippen molar-refractivity contribution in [3.63, 3.8) is 0 Å². The molecule has 0 N–H and O–H groups in total. The summed E-state index contributed by atoms with van der Waals surface area (Å²) < 4.78 is 221. The Hall–Kier alpha value is -6.39. The number of nitrogens with zero attached hydrogens (tertiary/aromatic N) is 3. The molecule has 0 aliphatic heterocycles. The van der Waals surface area contributed by atoms with Gasteiger partial charge in [-0.15, -0.1) is 0 Å². The van der Waals surface area contributed by atoms with Crippen molar-refractivity contribution < 1.29 is 37.3 Å². The number of aromatic nitrogens is 3. The normalized spacial score (nSPS) is 19.4. The van der Waals surface area contributed by atoms with Crippen LogP contribution in [-0.4, -0.2) is 14.1 Å². The highest BCUT2D eigenvalue weighted by Crippen LogP contribution is 2.48. The van der Waals surface area contributed by atoms with Crippen molar-refractivity contribution in [2.75, 3.05) is 0 Å². The van der Waals surface area contributed by atoms with E-state index in [1.165, 1.54) is 6.07 Å². The minimum Gasteiger partial charge on any atom is -0.435 e. The summed E-state index contributed by atoms with van der Waals surface area (Å²) in [5.74, 6) is -0.847. The fourth-order valence-electron chi connectivity index (χ4n) is 6.23. The molecular weight excluding hydrogens is 574 g/mol. The van der Waals surface area contributed by atoms with Crippen molar-refractivity contribution in [3.8, 4) is 45.4 Å². The molecule has 10 aromatic rings. The molecule has 0 atom stereocenters. The Morgan fingerprint density at radius 2 is 1.15 bits per heavy atom. The lowest BCUT2D eigenvalue weighted by Gasteiger charge is -2.09. The highest BCUT2D eigenvalue weighted by molar-refractivity contribution is 6.19. The monoisotopic (exact) mass is 623 g/mol. The van der Waals surface area contributed by atoms with Crippen LogP contribution in [0.15, 0.2) is 156 Å². The molecule has 0 saturated carbocycles. The van der Waals surface area contributed by atoms with Gasteiger partial charge in [-0.3, -0.25) is 0 Å². The summed E-state index contributed by atoms with van der Waals surface area (Å²) >= 11 is 0. The van der Waals surface area contributed by atoms with Gasteiger partial charge in [-0.2, -0.15) is 0 Å². The number of hydrogen-bond acceptors (Lipinski definition) is 2. The molecule has 0 saturated heterocycles. The zero-order valence-electron chi connectivity index (χ0n) is 47.3. The van der Waals surface area contributed by atoms with E-state index in [1.807, 2.05) is 0 Å². The highest BCUT2D eigenvalue weighted by atomic mass is 16.4. The minimum atomic E-state index is -0.891. The van der Waals surface area contributed by atoms with Crippen LogP contribution in [0.25, 0.3) is 99.8 Å². The summed E-state index contributed by atoms with van der Waals surface area (Å²) in [6.07, 6.45) is 0. The summed E-state index contributed by atoms with van der Waals surface area (Å²) in [5.41, 5.74) is -3.89. The lowest BCUT2D eigenvalue weighted by molar-refractivity contribution is 0.590. The van der Waals surface area contributed by atoms with Gasteiger partial charge in [-0.25, -0.2) is 4.98 Å². The second-order valence-corrected chi connectivity index (χ2v) is 10.6. The van der Waals surface area contributed by atoms with E-state index in [0.29, 0.717) is 0 Å². The van der Waals surface area contributed by atoms with Crippen molar-refractivity contribution >= 4 is 54.4 Å². The molecule has 3 aromatic heterocycles. The van der Waals surface area contributed by atoms with Crippen LogP contribution in [0.5, 0.6) is 0 Å². The molecule has 0 spiro atoms. The van der Waals surface area contributed by atoms with E-state index < -0.39 is 184 Å². The van der Waals surface area contributed by atoms with Crippen LogP contribution < -0.4 is 0 Å². The second kappa shape index (κ2) is 9.09. The minimum absolute atomic E-state index is 0.00654. The maximum atomic E-state index is 9.93. The first kappa shape index (κ1) is 11.4. The Kier molecular flexibility index (Phi) is 2.21. The van der Waals surface area contributed by atoms with Crippen LogP contribution in [0.3, 0.4) is 0 Å². The van der Waals surface area contributed by atoms with Crippen LogP contribution in [0.2, 0.25) is 0 Å². The molecule has 0 unspecified atom stereocenters. The zero-order valence-corrected chi connectivity index (χ0v) is 23.3. The van der Waals surface area contributed by atoms with E-state index in [4.69, 9.17) is 29.1 Å². The maximum Gasteiger partial charge on any atom is 0.227 e. The van der Waals surface area contributed by atoms with Crippen LogP contribution >= 0.6 is 0 Å². The molecule has 0 radical (unpaired) electrons. The molecule has 1 aliphatic carbocycles. The van der Waals surface area contributed by atoms with E-state index in [2.05, 4.69) is 4.98 Å². The number of rotatable bonds is 3. The highest BCUT2D eigenvalue weighted by Gasteiger charge is 2.28. The Morgan fingerprint density at radius 1 is 0.511 bits per heavy atom. The first-order valence-electron chi connectivity index (χ1n) is 26.0. The van der Waals surface area contributed by atoms with Gasteiger partial charge in [0.05, 0.1) is 55.0 Å². The van der Waals surface area contributed by atoms with E-state index >= 15 is 0 Å². The SMILES string of the molecule is [2H]c1c([2H])c([2H])c(-n2c3cc4c5c([2H])c([2H])c([2H])c([2H])c5n(-c5c([2H])c([2H])c(-c6nc7c(o6)-c6c([2H])c([2H])c([2H])c8c([2H])c([2H])c([2H])c-7c68)c([2H])c5[2H])c4c([2H])c3c3c([2H])c([2H])c([2H])c([2H])c32)c([2H])c1[2H]. The number of benzene rings is 7. The number of hydrogen-bond donors (Lipinski definition) is 0. The predicted molar refractivity (Wildman–Crippen MR) is 193 cm³/mol. The average molecular weight is 624 g/mol. The fraction of sp³-hybridized carbons (Fsp3) is 0. The lowest BCUT2D eigenvalue weighted by atomic mass is 10.0. The Labute approximate surface area is 303 Å². The van der Waals surface area contributed by atoms with Crippen molar-refractivity contribution in [2.45, 2.75) is 0 Å². The van der Waals surface area contributed by atoms with E-state index in [9.17, 15) is 8.22 Å². The average Bonchev–Trinajstić information content (AvgIpc) is 4.09. The quantitative estimate of drug-likeness (QED) is 0.196. The zero-order chi connectivity index (χ0) is 51.5. The molecule has 4 nitrogen and oxygen atoms in total. The number of oxazole rings is 1. The van der Waals surface area contributed by atoms with Crippen LogP contribution in [0.1, 0.15) is 32.9 Å².